The summed E-state index contributed by atoms with van der Waals surface area (Å²) in [5.41, 5.74) is 10.9. The second-order valence-electron chi connectivity index (χ2n) is 7.68. The van der Waals surface area contributed by atoms with Crippen molar-refractivity contribution in [1.82, 2.24) is 16.0 Å². The molecule has 0 aromatic heterocycles. The van der Waals surface area contributed by atoms with Gasteiger partial charge in [0.1, 0.15) is 18.1 Å². The zero-order chi connectivity index (χ0) is 25.7. The Morgan fingerprint density at radius 2 is 1.42 bits per heavy atom. The van der Waals surface area contributed by atoms with E-state index in [4.69, 9.17) is 16.6 Å². The molecule has 0 radical (unpaired) electrons. The van der Waals surface area contributed by atoms with Gasteiger partial charge in [0.25, 0.3) is 0 Å². The number of primary amides is 1. The van der Waals surface area contributed by atoms with Gasteiger partial charge in [0, 0.05) is 6.42 Å². The summed E-state index contributed by atoms with van der Waals surface area (Å²) in [5.74, 6) is -6.02. The van der Waals surface area contributed by atoms with Crippen LogP contribution in [-0.4, -0.2) is 82.0 Å². The summed E-state index contributed by atoms with van der Waals surface area (Å²) in [5, 5.41) is 25.2. The first-order valence-corrected chi connectivity index (χ1v) is 11.6. The third-order valence-electron chi connectivity index (χ3n) is 4.52. The van der Waals surface area contributed by atoms with Crippen molar-refractivity contribution in [3.05, 3.63) is 0 Å². The molecule has 4 amide bonds. The third kappa shape index (κ3) is 12.1. The fourth-order valence-electron chi connectivity index (χ4n) is 2.63. The molecule has 4 unspecified atom stereocenters. The molecular formula is C19H33N5O8S. The first kappa shape index (κ1) is 30.1. The lowest BCUT2D eigenvalue weighted by molar-refractivity contribution is -0.144. The summed E-state index contributed by atoms with van der Waals surface area (Å²) in [6.45, 7) is 3.13. The van der Waals surface area contributed by atoms with Crippen LogP contribution in [0.3, 0.4) is 0 Å². The zero-order valence-electron chi connectivity index (χ0n) is 18.8. The molecule has 4 atom stereocenters. The van der Waals surface area contributed by atoms with Gasteiger partial charge in [-0.2, -0.15) is 11.8 Å². The van der Waals surface area contributed by atoms with Crippen LogP contribution in [0.15, 0.2) is 0 Å². The molecule has 0 rings (SSSR count). The number of nitrogens with one attached hydrogen (secondary N) is 3. The van der Waals surface area contributed by atoms with Crippen LogP contribution < -0.4 is 27.4 Å². The monoisotopic (exact) mass is 491 g/mol. The first-order chi connectivity index (χ1) is 15.3. The maximum Gasteiger partial charge on any atom is 0.326 e. The molecular weight excluding hydrogens is 458 g/mol. The number of carboxylic acid groups (broad SMARTS) is 2. The lowest BCUT2D eigenvalue weighted by Gasteiger charge is -2.25. The van der Waals surface area contributed by atoms with Gasteiger partial charge in [0.15, 0.2) is 0 Å². The number of hydrogen-bond acceptors (Lipinski definition) is 8. The molecule has 0 heterocycles. The minimum atomic E-state index is -1.56. The highest BCUT2D eigenvalue weighted by atomic mass is 32.2. The fourth-order valence-corrected chi connectivity index (χ4v) is 3.12. The Morgan fingerprint density at radius 3 is 1.88 bits per heavy atom. The van der Waals surface area contributed by atoms with Crippen LogP contribution in [0.1, 0.15) is 39.5 Å². The highest BCUT2D eigenvalue weighted by molar-refractivity contribution is 7.98. The molecule has 188 valence electrons. The van der Waals surface area contributed by atoms with Crippen molar-refractivity contribution >= 4 is 47.3 Å². The van der Waals surface area contributed by atoms with E-state index < -0.39 is 72.1 Å². The van der Waals surface area contributed by atoms with Crippen LogP contribution in [0.25, 0.3) is 0 Å². The molecule has 0 aliphatic heterocycles. The molecule has 9 N–H and O–H groups in total. The van der Waals surface area contributed by atoms with Crippen molar-refractivity contribution < 1.29 is 39.0 Å². The molecule has 14 heteroatoms. The number of rotatable bonds is 16. The lowest BCUT2D eigenvalue weighted by Crippen LogP contribution is -2.58. The zero-order valence-corrected chi connectivity index (χ0v) is 19.6. The molecule has 0 aliphatic rings. The van der Waals surface area contributed by atoms with Gasteiger partial charge in [-0.05, 0) is 30.8 Å². The van der Waals surface area contributed by atoms with Gasteiger partial charge < -0.3 is 37.6 Å². The van der Waals surface area contributed by atoms with Crippen molar-refractivity contribution in [1.29, 1.82) is 0 Å². The Hall–Kier alpha value is -2.87. The van der Waals surface area contributed by atoms with Crippen LogP contribution in [0.5, 0.6) is 0 Å². The Morgan fingerprint density at radius 1 is 0.879 bits per heavy atom. The Bertz CT molecular complexity index is 733. The molecule has 33 heavy (non-hydrogen) atoms. The quantitative estimate of drug-likeness (QED) is 0.125. The summed E-state index contributed by atoms with van der Waals surface area (Å²) < 4.78 is 0. The van der Waals surface area contributed by atoms with Gasteiger partial charge >= 0.3 is 11.9 Å². The van der Waals surface area contributed by atoms with Gasteiger partial charge in [0.05, 0.1) is 12.5 Å². The van der Waals surface area contributed by atoms with Crippen molar-refractivity contribution in [3.63, 3.8) is 0 Å². The first-order valence-electron chi connectivity index (χ1n) is 10.2. The summed E-state index contributed by atoms with van der Waals surface area (Å²) in [6, 6.07) is -5.20. The number of carboxylic acids is 2. The van der Waals surface area contributed by atoms with E-state index in [1.807, 2.05) is 6.26 Å². The predicted molar refractivity (Wildman–Crippen MR) is 120 cm³/mol. The van der Waals surface area contributed by atoms with E-state index >= 15 is 0 Å². The standard InChI is InChI=1S/C19H33N5O8S/c1-9(2)15(19(31)32)24-17(29)11(4-5-13(21)25)22-18(30)12(8-14(26)27)23-16(28)10(20)6-7-33-3/h9-12,15H,4-8,20H2,1-3H3,(H2,21,25)(H,22,30)(H,23,28)(H,24,29)(H,26,27)(H,31,32). The Balaban J connectivity index is 5.54. The van der Waals surface area contributed by atoms with E-state index in [1.165, 1.54) is 11.8 Å². The molecule has 13 nitrogen and oxygen atoms in total. The molecule has 0 saturated heterocycles. The Kier molecular flexibility index (Phi) is 13.7. The van der Waals surface area contributed by atoms with Gasteiger partial charge in [-0.3, -0.25) is 24.0 Å². The third-order valence-corrected chi connectivity index (χ3v) is 5.17. The number of hydrogen-bond donors (Lipinski definition) is 7. The molecule has 0 spiro atoms. The second-order valence-corrected chi connectivity index (χ2v) is 8.67. The van der Waals surface area contributed by atoms with Crippen molar-refractivity contribution in [2.24, 2.45) is 17.4 Å². The van der Waals surface area contributed by atoms with Gasteiger partial charge in [-0.15, -0.1) is 0 Å². The average molecular weight is 492 g/mol. The van der Waals surface area contributed by atoms with E-state index in [0.29, 0.717) is 12.2 Å². The van der Waals surface area contributed by atoms with Gasteiger partial charge in [-0.1, -0.05) is 13.8 Å². The van der Waals surface area contributed by atoms with Gasteiger partial charge in [-0.25, -0.2) is 4.79 Å². The largest absolute Gasteiger partial charge is 0.481 e. The van der Waals surface area contributed by atoms with E-state index in [2.05, 4.69) is 16.0 Å². The highest BCUT2D eigenvalue weighted by Crippen LogP contribution is 2.06. The molecule has 0 aromatic rings. The highest BCUT2D eigenvalue weighted by Gasteiger charge is 2.32. The molecule has 0 bridgehead atoms. The van der Waals surface area contributed by atoms with Crippen molar-refractivity contribution in [3.8, 4) is 0 Å². The van der Waals surface area contributed by atoms with Crippen LogP contribution in [-0.2, 0) is 28.8 Å². The number of aliphatic carboxylic acids is 2. The van der Waals surface area contributed by atoms with E-state index in [1.54, 1.807) is 13.8 Å². The molecule has 0 fully saturated rings. The average Bonchev–Trinajstić information content (AvgIpc) is 2.71. The summed E-state index contributed by atoms with van der Waals surface area (Å²) >= 11 is 1.45. The van der Waals surface area contributed by atoms with E-state index in [-0.39, 0.29) is 12.8 Å². The maximum absolute atomic E-state index is 12.7. The van der Waals surface area contributed by atoms with E-state index in [9.17, 15) is 33.9 Å². The van der Waals surface area contributed by atoms with Crippen LogP contribution in [0.2, 0.25) is 0 Å². The smallest absolute Gasteiger partial charge is 0.326 e. The fraction of sp³-hybridized carbons (Fsp3) is 0.684. The van der Waals surface area contributed by atoms with Gasteiger partial charge in [0.2, 0.25) is 23.6 Å². The SMILES string of the molecule is CSCCC(N)C(=O)NC(CC(=O)O)C(=O)NC(CCC(N)=O)C(=O)NC(C(=O)O)C(C)C. The number of carbonyl (C=O) groups excluding carboxylic acids is 4. The topological polar surface area (TPSA) is 231 Å². The summed E-state index contributed by atoms with van der Waals surface area (Å²) in [4.78, 5) is 71.3. The molecule has 0 saturated carbocycles. The van der Waals surface area contributed by atoms with E-state index in [0.717, 1.165) is 0 Å². The molecule has 0 aliphatic carbocycles. The second kappa shape index (κ2) is 15.1. The maximum atomic E-state index is 12.7. The number of carbonyl (C=O) groups is 6. The van der Waals surface area contributed by atoms with Crippen LogP contribution >= 0.6 is 11.8 Å². The number of thioether (sulfide) groups is 1. The Labute approximate surface area is 195 Å². The lowest BCUT2D eigenvalue weighted by atomic mass is 10.0. The van der Waals surface area contributed by atoms with Crippen molar-refractivity contribution in [2.45, 2.75) is 63.7 Å². The normalized spacial score (nSPS) is 14.5. The van der Waals surface area contributed by atoms with Crippen LogP contribution in [0, 0.1) is 5.92 Å². The summed E-state index contributed by atoms with van der Waals surface area (Å²) in [7, 11) is 0. The predicted octanol–water partition coefficient (Wildman–Crippen LogP) is -2.00. The summed E-state index contributed by atoms with van der Waals surface area (Å²) in [6.07, 6.45) is 0.743. The number of nitrogens with two attached hydrogens (primary N) is 2. The van der Waals surface area contributed by atoms with Crippen molar-refractivity contribution in [2.75, 3.05) is 12.0 Å². The molecule has 0 aromatic carbocycles. The van der Waals surface area contributed by atoms with Crippen LogP contribution in [0.4, 0.5) is 0 Å². The minimum absolute atomic E-state index is 0.266. The number of amides is 4. The minimum Gasteiger partial charge on any atom is -0.481 e.